The van der Waals surface area contributed by atoms with Gasteiger partial charge >= 0.3 is 0 Å². The monoisotopic (exact) mass is 569 g/mol. The van der Waals surface area contributed by atoms with Crippen LogP contribution in [0, 0.1) is 0 Å². The highest BCUT2D eigenvalue weighted by atomic mass is 35.5. The number of methoxy groups -OCH3 is 1. The van der Waals surface area contributed by atoms with E-state index in [-0.39, 0.29) is 28.0 Å². The summed E-state index contributed by atoms with van der Waals surface area (Å²) in [5.41, 5.74) is 1.69. The van der Waals surface area contributed by atoms with Gasteiger partial charge in [0.1, 0.15) is 5.75 Å². The lowest BCUT2D eigenvalue weighted by molar-refractivity contribution is 0.0944. The molecule has 0 spiro atoms. The molecule has 39 heavy (non-hydrogen) atoms. The van der Waals surface area contributed by atoms with Gasteiger partial charge in [-0.25, -0.2) is 18.4 Å². The third-order valence-corrected chi connectivity index (χ3v) is 7.26. The Morgan fingerprint density at radius 2 is 1.72 bits per heavy atom. The molecule has 4 aromatic rings. The number of rotatable bonds is 12. The van der Waals surface area contributed by atoms with E-state index in [1.807, 2.05) is 6.92 Å². The van der Waals surface area contributed by atoms with Crippen molar-refractivity contribution in [2.45, 2.75) is 18.2 Å². The average molecular weight is 570 g/mol. The van der Waals surface area contributed by atoms with E-state index in [2.05, 4.69) is 25.3 Å². The molecule has 0 atom stereocenters. The second-order valence-electron chi connectivity index (χ2n) is 8.32. The molecule has 0 aliphatic heterocycles. The van der Waals surface area contributed by atoms with Gasteiger partial charge in [-0.15, -0.1) is 0 Å². The highest BCUT2D eigenvalue weighted by Gasteiger charge is 2.21. The maximum absolute atomic E-state index is 13.4. The fourth-order valence-corrected chi connectivity index (χ4v) is 4.85. The number of nitrogens with one attached hydrogen (secondary N) is 3. The molecule has 12 heteroatoms. The van der Waals surface area contributed by atoms with Crippen LogP contribution in [0.3, 0.4) is 0 Å². The highest BCUT2D eigenvalue weighted by molar-refractivity contribution is 7.92. The van der Waals surface area contributed by atoms with E-state index in [9.17, 15) is 13.2 Å². The van der Waals surface area contributed by atoms with E-state index in [1.54, 1.807) is 48.5 Å². The topological polar surface area (TPSA) is 132 Å². The number of benzene rings is 3. The smallest absolute Gasteiger partial charge is 0.263 e. The maximum atomic E-state index is 13.4. The van der Waals surface area contributed by atoms with Crippen molar-refractivity contribution in [3.63, 3.8) is 0 Å². The van der Waals surface area contributed by atoms with Crippen LogP contribution in [-0.4, -0.2) is 51.2 Å². The molecule has 1 amide bonds. The maximum Gasteiger partial charge on any atom is 0.263 e. The van der Waals surface area contributed by atoms with Crippen molar-refractivity contribution >= 4 is 55.9 Å². The molecule has 3 aromatic carbocycles. The van der Waals surface area contributed by atoms with Crippen LogP contribution in [0.1, 0.15) is 23.7 Å². The van der Waals surface area contributed by atoms with Crippen molar-refractivity contribution in [3.05, 3.63) is 77.3 Å². The van der Waals surface area contributed by atoms with Crippen LogP contribution in [-0.2, 0) is 14.8 Å². The number of carbonyl (C=O) groups is 1. The summed E-state index contributed by atoms with van der Waals surface area (Å²) in [5.74, 6) is 0.254. The number of nitrogens with zero attached hydrogens (tertiary/aromatic N) is 2. The minimum absolute atomic E-state index is 0.0432. The first-order valence-corrected chi connectivity index (χ1v) is 14.0. The zero-order valence-electron chi connectivity index (χ0n) is 21.4. The summed E-state index contributed by atoms with van der Waals surface area (Å²) >= 11 is 6.36. The number of ether oxygens (including phenoxy) is 2. The van der Waals surface area contributed by atoms with Gasteiger partial charge in [0.2, 0.25) is 0 Å². The van der Waals surface area contributed by atoms with Gasteiger partial charge in [-0.3, -0.25) is 9.52 Å². The molecule has 0 saturated heterocycles. The molecule has 0 bridgehead atoms. The quantitative estimate of drug-likeness (QED) is 0.203. The second kappa shape index (κ2) is 12.7. The summed E-state index contributed by atoms with van der Waals surface area (Å²) in [7, 11) is -2.63. The molecule has 0 fully saturated rings. The van der Waals surface area contributed by atoms with Gasteiger partial charge in [-0.1, -0.05) is 29.8 Å². The Labute approximate surface area is 231 Å². The number of anilines is 3. The van der Waals surface area contributed by atoms with Crippen LogP contribution in [0.2, 0.25) is 5.02 Å². The lowest BCUT2D eigenvalue weighted by Gasteiger charge is -2.15. The number of amides is 1. The van der Waals surface area contributed by atoms with Gasteiger partial charge < -0.3 is 20.1 Å². The van der Waals surface area contributed by atoms with Crippen molar-refractivity contribution in [1.29, 1.82) is 0 Å². The Hall–Kier alpha value is -3.93. The molecule has 0 aliphatic carbocycles. The van der Waals surface area contributed by atoms with Crippen molar-refractivity contribution in [2.24, 2.45) is 0 Å². The largest absolute Gasteiger partial charge is 0.497 e. The number of fused-ring (bicyclic) bond motifs is 1. The molecule has 0 saturated carbocycles. The van der Waals surface area contributed by atoms with Crippen LogP contribution in [0.5, 0.6) is 5.75 Å². The van der Waals surface area contributed by atoms with E-state index in [1.165, 1.54) is 25.3 Å². The molecule has 204 valence electrons. The fourth-order valence-electron chi connectivity index (χ4n) is 3.63. The van der Waals surface area contributed by atoms with Gasteiger partial charge in [-0.2, -0.15) is 0 Å². The molecular formula is C27H28ClN5O5S. The number of carbonyl (C=O) groups excluding carboxylic acids is 1. The summed E-state index contributed by atoms with van der Waals surface area (Å²) in [6, 6.07) is 17.8. The van der Waals surface area contributed by atoms with Crippen LogP contribution in [0.15, 0.2) is 71.6 Å². The summed E-state index contributed by atoms with van der Waals surface area (Å²) in [6.45, 7) is 3.43. The molecule has 0 aliphatic rings. The fraction of sp³-hybridized carbons (Fsp3) is 0.222. The normalized spacial score (nSPS) is 11.3. The van der Waals surface area contributed by atoms with Crippen molar-refractivity contribution in [1.82, 2.24) is 15.3 Å². The molecular weight excluding hydrogens is 542 g/mol. The van der Waals surface area contributed by atoms with E-state index in [0.29, 0.717) is 53.7 Å². The first-order chi connectivity index (χ1) is 18.8. The van der Waals surface area contributed by atoms with Gasteiger partial charge in [-0.05, 0) is 55.8 Å². The molecule has 1 aromatic heterocycles. The molecule has 4 rings (SSSR count). The van der Waals surface area contributed by atoms with Gasteiger partial charge in [0.05, 0.1) is 33.7 Å². The summed E-state index contributed by atoms with van der Waals surface area (Å²) in [4.78, 5) is 21.5. The Kier molecular flexibility index (Phi) is 9.18. The predicted octanol–water partition coefficient (Wildman–Crippen LogP) is 4.99. The lowest BCUT2D eigenvalue weighted by atomic mass is 10.2. The van der Waals surface area contributed by atoms with E-state index in [4.69, 9.17) is 21.1 Å². The van der Waals surface area contributed by atoms with Crippen LogP contribution in [0.25, 0.3) is 11.0 Å². The number of halogens is 1. The number of hydrogen-bond donors (Lipinski definition) is 3. The molecule has 0 unspecified atom stereocenters. The first kappa shape index (κ1) is 28.1. The SMILES string of the molecule is CCOCCCNC(=O)c1cccc(S(=O)(=O)Nc2nc3ccccc3nc2Nc2cc(OC)ccc2Cl)c1. The molecule has 0 radical (unpaired) electrons. The van der Waals surface area contributed by atoms with Gasteiger partial charge in [0, 0.05) is 31.4 Å². The van der Waals surface area contributed by atoms with Crippen molar-refractivity contribution in [2.75, 3.05) is 36.9 Å². The predicted molar refractivity (Wildman–Crippen MR) is 152 cm³/mol. The third-order valence-electron chi connectivity index (χ3n) is 5.59. The molecule has 3 N–H and O–H groups in total. The summed E-state index contributed by atoms with van der Waals surface area (Å²) in [6.07, 6.45) is 0.646. The van der Waals surface area contributed by atoms with Crippen molar-refractivity contribution in [3.8, 4) is 5.75 Å². The Bertz CT molecular complexity index is 1580. The Morgan fingerprint density at radius 1 is 0.974 bits per heavy atom. The Morgan fingerprint density at radius 3 is 2.44 bits per heavy atom. The number of hydrogen-bond acceptors (Lipinski definition) is 8. The second-order valence-corrected chi connectivity index (χ2v) is 10.4. The first-order valence-electron chi connectivity index (χ1n) is 12.2. The summed E-state index contributed by atoms with van der Waals surface area (Å²) < 4.78 is 39.9. The third kappa shape index (κ3) is 7.14. The van der Waals surface area contributed by atoms with Crippen molar-refractivity contribution < 1.29 is 22.7 Å². The highest BCUT2D eigenvalue weighted by Crippen LogP contribution is 2.32. The van der Waals surface area contributed by atoms with E-state index in [0.717, 1.165) is 0 Å². The van der Waals surface area contributed by atoms with Gasteiger partial charge in [0.15, 0.2) is 11.6 Å². The van der Waals surface area contributed by atoms with Gasteiger partial charge in [0.25, 0.3) is 15.9 Å². The van der Waals surface area contributed by atoms with E-state index >= 15 is 0 Å². The van der Waals surface area contributed by atoms with E-state index < -0.39 is 10.0 Å². The Balaban J connectivity index is 1.62. The minimum atomic E-state index is -4.16. The molecule has 1 heterocycles. The number of para-hydroxylation sites is 2. The number of aromatic nitrogens is 2. The lowest BCUT2D eigenvalue weighted by Crippen LogP contribution is -2.25. The van der Waals surface area contributed by atoms with Crippen LogP contribution < -0.4 is 20.1 Å². The average Bonchev–Trinajstić information content (AvgIpc) is 2.94. The zero-order valence-corrected chi connectivity index (χ0v) is 23.0. The van der Waals surface area contributed by atoms with Crippen LogP contribution in [0.4, 0.5) is 17.3 Å². The number of sulfonamides is 1. The zero-order chi connectivity index (χ0) is 27.8. The summed E-state index contributed by atoms with van der Waals surface area (Å²) in [5, 5.41) is 6.20. The van der Waals surface area contributed by atoms with Crippen LogP contribution >= 0.6 is 11.6 Å². The molecule has 10 nitrogen and oxygen atoms in total. The minimum Gasteiger partial charge on any atom is -0.497 e. The standard InChI is InChI=1S/C27H28ClN5O5S/c1-3-38-15-7-14-29-27(34)18-8-6-9-20(16-18)39(35,36)33-26-25(30-22-10-4-5-11-23(22)31-26)32-24-17-19(37-2)12-13-21(24)28/h4-6,8-13,16-17H,3,7,14-15H2,1-2H3,(H,29,34)(H,30,32)(H,31,33).